The third-order valence-electron chi connectivity index (χ3n) is 3.15. The average molecular weight is 298 g/mol. The molecule has 0 saturated carbocycles. The Morgan fingerprint density at radius 3 is 1.78 bits per heavy atom. The van der Waals surface area contributed by atoms with Crippen LogP contribution in [0.2, 0.25) is 0 Å². The van der Waals surface area contributed by atoms with Crippen LogP contribution in [0.4, 0.5) is 0 Å². The molecule has 0 aliphatic rings. The minimum atomic E-state index is -3.15. The lowest BCUT2D eigenvalue weighted by molar-refractivity contribution is 0.561. The summed E-state index contributed by atoms with van der Waals surface area (Å²) in [6.45, 7) is 7.07. The molecule has 4 nitrogen and oxygen atoms in total. The molecule has 110 valence electrons. The molecule has 0 aliphatic carbocycles. The van der Waals surface area contributed by atoms with E-state index in [4.69, 9.17) is 0 Å². The van der Waals surface area contributed by atoms with Crippen LogP contribution in [0.5, 0.6) is 0 Å². The van der Waals surface area contributed by atoms with Crippen LogP contribution in [0.25, 0.3) is 0 Å². The van der Waals surface area contributed by atoms with E-state index in [1.807, 2.05) is 13.8 Å². The maximum atomic E-state index is 12.0. The van der Waals surface area contributed by atoms with Gasteiger partial charge in [0.05, 0.1) is 22.0 Å². The van der Waals surface area contributed by atoms with Crippen LogP contribution in [0.1, 0.15) is 53.4 Å². The van der Waals surface area contributed by atoms with Gasteiger partial charge in [-0.15, -0.1) is 0 Å². The van der Waals surface area contributed by atoms with E-state index in [9.17, 15) is 16.8 Å². The first kappa shape index (κ1) is 17.9. The van der Waals surface area contributed by atoms with Crippen molar-refractivity contribution in [1.29, 1.82) is 0 Å². The van der Waals surface area contributed by atoms with E-state index in [1.54, 1.807) is 13.8 Å². The van der Waals surface area contributed by atoms with Gasteiger partial charge < -0.3 is 0 Å². The van der Waals surface area contributed by atoms with Gasteiger partial charge in [0.15, 0.2) is 19.7 Å². The zero-order valence-electron chi connectivity index (χ0n) is 11.8. The minimum Gasteiger partial charge on any atom is -0.229 e. The monoisotopic (exact) mass is 298 g/mol. The fraction of sp³-hybridized carbons (Fsp3) is 1.00. The predicted octanol–water partition coefficient (Wildman–Crippen LogP) is 2.19. The van der Waals surface area contributed by atoms with Gasteiger partial charge in [0, 0.05) is 0 Å². The van der Waals surface area contributed by atoms with Gasteiger partial charge >= 0.3 is 0 Å². The smallest absolute Gasteiger partial charge is 0.153 e. The maximum absolute atomic E-state index is 12.0. The fourth-order valence-corrected chi connectivity index (χ4v) is 5.01. The van der Waals surface area contributed by atoms with Crippen LogP contribution in [-0.2, 0) is 19.7 Å². The van der Waals surface area contributed by atoms with Crippen molar-refractivity contribution >= 4 is 19.7 Å². The van der Waals surface area contributed by atoms with Gasteiger partial charge in [0.25, 0.3) is 0 Å². The lowest BCUT2D eigenvalue weighted by Crippen LogP contribution is -2.26. The Bertz CT molecular complexity index is 421. The second kappa shape index (κ2) is 7.48. The third-order valence-corrected chi connectivity index (χ3v) is 7.89. The summed E-state index contributed by atoms with van der Waals surface area (Å²) in [6, 6.07) is 0. The number of rotatable bonds is 9. The van der Waals surface area contributed by atoms with Gasteiger partial charge in [-0.1, -0.05) is 20.3 Å². The molecule has 6 heteroatoms. The molecule has 0 N–H and O–H groups in total. The van der Waals surface area contributed by atoms with Crippen LogP contribution in [-0.4, -0.2) is 38.8 Å². The Balaban J connectivity index is 4.45. The molecule has 18 heavy (non-hydrogen) atoms. The topological polar surface area (TPSA) is 68.3 Å². The van der Waals surface area contributed by atoms with E-state index < -0.39 is 24.9 Å². The van der Waals surface area contributed by atoms with Crippen LogP contribution in [0.3, 0.4) is 0 Å². The first-order chi connectivity index (χ1) is 8.17. The molecule has 0 aromatic rings. The summed E-state index contributed by atoms with van der Waals surface area (Å²) in [6.07, 6.45) is 2.31. The quantitative estimate of drug-likeness (QED) is 0.654. The Hall–Kier alpha value is -0.100. The Labute approximate surface area is 112 Å². The summed E-state index contributed by atoms with van der Waals surface area (Å²) >= 11 is 0. The average Bonchev–Trinajstić information content (AvgIpc) is 2.24. The van der Waals surface area contributed by atoms with Crippen molar-refractivity contribution in [1.82, 2.24) is 0 Å². The lowest BCUT2D eigenvalue weighted by atomic mass is 10.2. The molecular weight excluding hydrogens is 272 g/mol. The van der Waals surface area contributed by atoms with Gasteiger partial charge in [-0.25, -0.2) is 16.8 Å². The molecule has 0 spiro atoms. The third kappa shape index (κ3) is 5.69. The second-order valence-electron chi connectivity index (χ2n) is 4.96. The lowest BCUT2D eigenvalue weighted by Gasteiger charge is -2.15. The molecule has 0 amide bonds. The highest BCUT2D eigenvalue weighted by Gasteiger charge is 2.24. The fourth-order valence-electron chi connectivity index (χ4n) is 1.82. The van der Waals surface area contributed by atoms with Gasteiger partial charge in [0.2, 0.25) is 0 Å². The van der Waals surface area contributed by atoms with Crippen molar-refractivity contribution in [3.8, 4) is 0 Å². The van der Waals surface area contributed by atoms with E-state index >= 15 is 0 Å². The molecule has 0 bridgehead atoms. The molecule has 0 radical (unpaired) electrons. The van der Waals surface area contributed by atoms with E-state index in [-0.39, 0.29) is 23.2 Å². The van der Waals surface area contributed by atoms with E-state index in [0.29, 0.717) is 12.8 Å². The molecule has 0 heterocycles. The van der Waals surface area contributed by atoms with E-state index in [1.165, 1.54) is 0 Å². The predicted molar refractivity (Wildman–Crippen MR) is 76.3 cm³/mol. The summed E-state index contributed by atoms with van der Waals surface area (Å²) < 4.78 is 47.2. The van der Waals surface area contributed by atoms with Crippen molar-refractivity contribution in [3.63, 3.8) is 0 Å². The zero-order valence-corrected chi connectivity index (χ0v) is 13.5. The van der Waals surface area contributed by atoms with Gasteiger partial charge in [0.1, 0.15) is 0 Å². The highest BCUT2D eigenvalue weighted by molar-refractivity contribution is 7.92. The highest BCUT2D eigenvalue weighted by atomic mass is 32.2. The molecule has 0 fully saturated rings. The standard InChI is InChI=1S/C12H26O4S2/c1-5-8-12(6-2)18(15,16)10-7-9-17(13,14)11(3)4/h11-12H,5-10H2,1-4H3. The van der Waals surface area contributed by atoms with Gasteiger partial charge in [-0.2, -0.15) is 0 Å². The summed E-state index contributed by atoms with van der Waals surface area (Å²) in [5.74, 6) is -0.0517. The van der Waals surface area contributed by atoms with Crippen molar-refractivity contribution in [2.75, 3.05) is 11.5 Å². The van der Waals surface area contributed by atoms with Crippen LogP contribution in [0, 0.1) is 0 Å². The summed E-state index contributed by atoms with van der Waals surface area (Å²) in [4.78, 5) is 0. The molecule has 1 unspecified atom stereocenters. The molecule has 0 rings (SSSR count). The molecule has 0 aromatic heterocycles. The van der Waals surface area contributed by atoms with E-state index in [2.05, 4.69) is 0 Å². The first-order valence-electron chi connectivity index (χ1n) is 6.60. The Kier molecular flexibility index (Phi) is 7.44. The summed E-state index contributed by atoms with van der Waals surface area (Å²) in [5.41, 5.74) is 0. The number of hydrogen-bond donors (Lipinski definition) is 0. The first-order valence-corrected chi connectivity index (χ1v) is 10.0. The Morgan fingerprint density at radius 1 is 0.889 bits per heavy atom. The van der Waals surface area contributed by atoms with Crippen molar-refractivity contribution < 1.29 is 16.8 Å². The van der Waals surface area contributed by atoms with Crippen molar-refractivity contribution in [2.24, 2.45) is 0 Å². The van der Waals surface area contributed by atoms with Crippen LogP contribution >= 0.6 is 0 Å². The molecule has 0 aliphatic heterocycles. The van der Waals surface area contributed by atoms with Crippen molar-refractivity contribution in [3.05, 3.63) is 0 Å². The highest BCUT2D eigenvalue weighted by Crippen LogP contribution is 2.15. The molecule has 0 saturated heterocycles. The van der Waals surface area contributed by atoms with Crippen LogP contribution in [0.15, 0.2) is 0 Å². The van der Waals surface area contributed by atoms with Gasteiger partial charge in [-0.3, -0.25) is 0 Å². The normalized spacial score (nSPS) is 14.9. The SMILES string of the molecule is CCCC(CC)S(=O)(=O)CCCS(=O)(=O)C(C)C. The number of sulfone groups is 2. The Morgan fingerprint density at radius 2 is 1.39 bits per heavy atom. The molecule has 0 aromatic carbocycles. The summed E-state index contributed by atoms with van der Waals surface area (Å²) in [5, 5.41) is -0.748. The molecule has 1 atom stereocenters. The minimum absolute atomic E-state index is 0.0164. The zero-order chi connectivity index (χ0) is 14.4. The van der Waals surface area contributed by atoms with Gasteiger partial charge in [-0.05, 0) is 33.1 Å². The number of hydrogen-bond acceptors (Lipinski definition) is 4. The molecular formula is C12H26O4S2. The van der Waals surface area contributed by atoms with E-state index in [0.717, 1.165) is 6.42 Å². The van der Waals surface area contributed by atoms with Crippen molar-refractivity contribution in [2.45, 2.75) is 63.9 Å². The largest absolute Gasteiger partial charge is 0.229 e. The van der Waals surface area contributed by atoms with Crippen LogP contribution < -0.4 is 0 Å². The maximum Gasteiger partial charge on any atom is 0.153 e. The second-order valence-corrected chi connectivity index (χ2v) is 10.0. The summed E-state index contributed by atoms with van der Waals surface area (Å²) in [7, 11) is -6.28.